The predicted octanol–water partition coefficient (Wildman–Crippen LogP) is 6.17. The highest BCUT2D eigenvalue weighted by Gasteiger charge is 2.18. The van der Waals surface area contributed by atoms with Crippen LogP contribution in [0.4, 0.5) is 0 Å². The van der Waals surface area contributed by atoms with E-state index in [2.05, 4.69) is 6.92 Å². The Morgan fingerprint density at radius 2 is 1.33 bits per heavy atom. The van der Waals surface area contributed by atoms with Crippen molar-refractivity contribution in [2.75, 3.05) is 19.8 Å². The number of carbonyl (C=O) groups is 2. The molecule has 0 N–H and O–H groups in total. The van der Waals surface area contributed by atoms with E-state index in [1.807, 2.05) is 32.9 Å². The molecule has 0 heterocycles. The van der Waals surface area contributed by atoms with E-state index in [1.54, 1.807) is 6.08 Å². The molecule has 0 amide bonds. The number of hydrogen-bond acceptors (Lipinski definition) is 5. The minimum Gasteiger partial charge on any atom is -0.490 e. The summed E-state index contributed by atoms with van der Waals surface area (Å²) in [4.78, 5) is 24.8. The van der Waals surface area contributed by atoms with Crippen molar-refractivity contribution in [1.29, 1.82) is 0 Å². The normalized spacial score (nSPS) is 11.3. The molecule has 0 aliphatic rings. The van der Waals surface area contributed by atoms with Crippen LogP contribution in [-0.2, 0) is 9.59 Å². The molecule has 0 aliphatic carbocycles. The molecule has 0 radical (unpaired) electrons. The Kier molecular flexibility index (Phi) is 12.6. The number of hydrogen-bond donors (Lipinski definition) is 0. The van der Waals surface area contributed by atoms with Gasteiger partial charge in [-0.05, 0) is 56.4 Å². The Labute approximate surface area is 181 Å². The van der Waals surface area contributed by atoms with Gasteiger partial charge in [0.2, 0.25) is 5.75 Å². The van der Waals surface area contributed by atoms with Gasteiger partial charge < -0.3 is 14.2 Å². The van der Waals surface area contributed by atoms with Crippen molar-refractivity contribution in [1.82, 2.24) is 0 Å². The number of allylic oxidation sites excluding steroid dienone is 1. The van der Waals surface area contributed by atoms with E-state index in [1.165, 1.54) is 6.92 Å². The maximum Gasteiger partial charge on any atom is 0.203 e. The van der Waals surface area contributed by atoms with Gasteiger partial charge in [0.25, 0.3) is 0 Å². The molecule has 168 valence electrons. The molecule has 0 aliphatic heterocycles. The highest BCUT2D eigenvalue weighted by atomic mass is 16.5. The molecule has 0 spiro atoms. The summed E-state index contributed by atoms with van der Waals surface area (Å²) >= 11 is 0. The summed E-state index contributed by atoms with van der Waals surface area (Å²) in [5.74, 6) is 1.39. The smallest absolute Gasteiger partial charge is 0.203 e. The van der Waals surface area contributed by atoms with E-state index in [4.69, 9.17) is 14.2 Å². The van der Waals surface area contributed by atoms with Crippen molar-refractivity contribution in [2.24, 2.45) is 0 Å². The van der Waals surface area contributed by atoms with Crippen molar-refractivity contribution in [2.45, 2.75) is 79.6 Å². The number of ether oxygens (including phenoxy) is 3. The second kappa shape index (κ2) is 14.6. The average molecular weight is 419 g/mol. The van der Waals surface area contributed by atoms with Crippen LogP contribution in [0.3, 0.4) is 0 Å². The molecule has 5 heteroatoms. The van der Waals surface area contributed by atoms with Crippen molar-refractivity contribution >= 4 is 17.6 Å². The van der Waals surface area contributed by atoms with Gasteiger partial charge in [0.1, 0.15) is 0 Å². The summed E-state index contributed by atoms with van der Waals surface area (Å²) in [6, 6.07) is 3.64. The van der Waals surface area contributed by atoms with Gasteiger partial charge in [-0.1, -0.05) is 40.5 Å². The Morgan fingerprint density at radius 1 is 0.800 bits per heavy atom. The van der Waals surface area contributed by atoms with Crippen LogP contribution < -0.4 is 14.2 Å². The van der Waals surface area contributed by atoms with E-state index in [9.17, 15) is 9.59 Å². The molecule has 0 bridgehead atoms. The molecule has 0 fully saturated rings. The third kappa shape index (κ3) is 8.60. The Morgan fingerprint density at radius 3 is 1.80 bits per heavy atom. The molecule has 0 saturated heterocycles. The lowest BCUT2D eigenvalue weighted by atomic mass is 9.99. The van der Waals surface area contributed by atoms with Gasteiger partial charge in [0.15, 0.2) is 23.1 Å². The highest BCUT2D eigenvalue weighted by Crippen LogP contribution is 2.40. The third-order valence-electron chi connectivity index (χ3n) is 4.42. The summed E-state index contributed by atoms with van der Waals surface area (Å²) in [5.41, 5.74) is 0.918. The van der Waals surface area contributed by atoms with Crippen molar-refractivity contribution < 1.29 is 23.8 Å². The van der Waals surface area contributed by atoms with Gasteiger partial charge in [-0.2, -0.15) is 0 Å². The van der Waals surface area contributed by atoms with Crippen LogP contribution in [0.5, 0.6) is 17.2 Å². The first-order valence-corrected chi connectivity index (χ1v) is 11.3. The molecule has 0 saturated carbocycles. The lowest BCUT2D eigenvalue weighted by molar-refractivity contribution is -0.120. The summed E-state index contributed by atoms with van der Waals surface area (Å²) < 4.78 is 17.8. The molecule has 0 aromatic heterocycles. The molecule has 30 heavy (non-hydrogen) atoms. The maximum atomic E-state index is 12.6. The monoisotopic (exact) mass is 418 g/mol. The quantitative estimate of drug-likeness (QED) is 0.139. The van der Waals surface area contributed by atoms with Gasteiger partial charge >= 0.3 is 0 Å². The SMILES string of the molecule is CCCCCC(=O)/C(=C/c1cc(OCCC)c(OCCC)c(OCCC)c1)C(C)=O. The molecule has 1 aromatic rings. The highest BCUT2D eigenvalue weighted by molar-refractivity contribution is 6.22. The number of carbonyl (C=O) groups excluding carboxylic acids is 2. The van der Waals surface area contributed by atoms with E-state index in [-0.39, 0.29) is 17.1 Å². The molecular formula is C25H38O5. The topological polar surface area (TPSA) is 61.8 Å². The first-order chi connectivity index (χ1) is 14.5. The zero-order valence-corrected chi connectivity index (χ0v) is 19.3. The summed E-state index contributed by atoms with van der Waals surface area (Å²) in [6.45, 7) is 11.3. The van der Waals surface area contributed by atoms with Crippen LogP contribution in [0.25, 0.3) is 6.08 Å². The number of rotatable bonds is 16. The van der Waals surface area contributed by atoms with E-state index >= 15 is 0 Å². The van der Waals surface area contributed by atoms with Gasteiger partial charge in [-0.25, -0.2) is 0 Å². The number of Topliss-reactive ketones (excluding diaryl/α,β-unsaturated/α-hetero) is 2. The minimum absolute atomic E-state index is 0.116. The molecule has 5 nitrogen and oxygen atoms in total. The fourth-order valence-electron chi connectivity index (χ4n) is 2.88. The summed E-state index contributed by atoms with van der Waals surface area (Å²) in [5, 5.41) is 0. The van der Waals surface area contributed by atoms with Gasteiger partial charge in [0, 0.05) is 6.42 Å². The largest absolute Gasteiger partial charge is 0.490 e. The van der Waals surface area contributed by atoms with E-state index in [0.29, 0.717) is 49.1 Å². The van der Waals surface area contributed by atoms with Crippen molar-refractivity contribution in [3.63, 3.8) is 0 Å². The standard InChI is InChI=1S/C25H38O5/c1-6-10-11-12-22(27)21(19(5)26)16-20-17-23(28-13-7-2)25(30-15-9-4)24(18-20)29-14-8-3/h16-18H,6-15H2,1-5H3/b21-16+. The van der Waals surface area contributed by atoms with Crippen LogP contribution in [0.2, 0.25) is 0 Å². The molecule has 1 aromatic carbocycles. The van der Waals surface area contributed by atoms with Crippen LogP contribution in [0, 0.1) is 0 Å². The summed E-state index contributed by atoms with van der Waals surface area (Å²) in [7, 11) is 0. The molecule has 0 unspecified atom stereocenters. The van der Waals surface area contributed by atoms with Crippen LogP contribution in [0.1, 0.15) is 85.1 Å². The van der Waals surface area contributed by atoms with E-state index in [0.717, 1.165) is 38.5 Å². The molecule has 1 rings (SSSR count). The van der Waals surface area contributed by atoms with Crippen molar-refractivity contribution in [3.8, 4) is 17.2 Å². The minimum atomic E-state index is -0.227. The average Bonchev–Trinajstić information content (AvgIpc) is 2.73. The molecule has 0 atom stereocenters. The van der Waals surface area contributed by atoms with Gasteiger partial charge in [0.05, 0.1) is 25.4 Å². The maximum absolute atomic E-state index is 12.6. The lowest BCUT2D eigenvalue weighted by Crippen LogP contribution is -2.10. The van der Waals surface area contributed by atoms with Crippen LogP contribution in [0.15, 0.2) is 17.7 Å². The third-order valence-corrected chi connectivity index (χ3v) is 4.42. The predicted molar refractivity (Wildman–Crippen MR) is 122 cm³/mol. The lowest BCUT2D eigenvalue weighted by Gasteiger charge is -2.18. The fraction of sp³-hybridized carbons (Fsp3) is 0.600. The second-order valence-electron chi connectivity index (χ2n) is 7.39. The van der Waals surface area contributed by atoms with Gasteiger partial charge in [-0.15, -0.1) is 0 Å². The number of ketones is 2. The Bertz CT molecular complexity index is 676. The molecular weight excluding hydrogens is 380 g/mol. The fourth-order valence-corrected chi connectivity index (χ4v) is 2.88. The number of benzene rings is 1. The van der Waals surface area contributed by atoms with Crippen LogP contribution >= 0.6 is 0 Å². The Balaban J connectivity index is 3.37. The zero-order chi connectivity index (χ0) is 22.4. The van der Waals surface area contributed by atoms with E-state index < -0.39 is 0 Å². The first-order valence-electron chi connectivity index (χ1n) is 11.3. The van der Waals surface area contributed by atoms with Gasteiger partial charge in [-0.3, -0.25) is 9.59 Å². The van der Waals surface area contributed by atoms with Crippen LogP contribution in [-0.4, -0.2) is 31.4 Å². The summed E-state index contributed by atoms with van der Waals surface area (Å²) in [6.07, 6.45) is 7.40. The van der Waals surface area contributed by atoms with Crippen molar-refractivity contribution in [3.05, 3.63) is 23.3 Å². The Hall–Kier alpha value is -2.30. The second-order valence-corrected chi connectivity index (χ2v) is 7.39. The zero-order valence-electron chi connectivity index (χ0n) is 19.3. The first kappa shape index (κ1) is 25.7. The number of unbranched alkanes of at least 4 members (excludes halogenated alkanes) is 2.